The van der Waals surface area contributed by atoms with Crippen LogP contribution in [0.25, 0.3) is 0 Å². The van der Waals surface area contributed by atoms with Crippen molar-refractivity contribution in [3.63, 3.8) is 0 Å². The lowest BCUT2D eigenvalue weighted by atomic mass is 10.2. The second-order valence-electron chi connectivity index (χ2n) is 5.62. The van der Waals surface area contributed by atoms with Gasteiger partial charge in [-0.2, -0.15) is 0 Å². The number of amides is 1. The quantitative estimate of drug-likeness (QED) is 0.763. The molecule has 0 aromatic heterocycles. The fourth-order valence-corrected chi connectivity index (χ4v) is 2.39. The molecular weight excluding hydrogens is 349 g/mol. The van der Waals surface area contributed by atoms with Crippen molar-refractivity contribution in [2.24, 2.45) is 0 Å². The maximum absolute atomic E-state index is 13.6. The number of nitrogens with zero attached hydrogens (tertiary/aromatic N) is 1. The molecule has 2 rings (SSSR count). The van der Waals surface area contributed by atoms with Crippen molar-refractivity contribution in [1.82, 2.24) is 4.90 Å². The summed E-state index contributed by atoms with van der Waals surface area (Å²) < 4.78 is 50.1. The van der Waals surface area contributed by atoms with Crippen LogP contribution in [0.5, 0.6) is 11.5 Å². The van der Waals surface area contributed by atoms with Crippen molar-refractivity contribution < 1.29 is 27.4 Å². The minimum Gasteiger partial charge on any atom is -0.497 e. The summed E-state index contributed by atoms with van der Waals surface area (Å²) in [6.45, 7) is 0.286. The fourth-order valence-electron chi connectivity index (χ4n) is 2.39. The van der Waals surface area contributed by atoms with E-state index in [0.717, 1.165) is 17.7 Å². The van der Waals surface area contributed by atoms with E-state index in [4.69, 9.17) is 9.47 Å². The highest BCUT2D eigenvalue weighted by molar-refractivity contribution is 5.92. The zero-order valence-corrected chi connectivity index (χ0v) is 14.6. The molecule has 0 bridgehead atoms. The number of hydrogen-bond donors (Lipinski definition) is 1. The lowest BCUT2D eigenvalue weighted by Crippen LogP contribution is -2.30. The lowest BCUT2D eigenvalue weighted by molar-refractivity contribution is -0.117. The highest BCUT2D eigenvalue weighted by Crippen LogP contribution is 2.25. The molecule has 0 unspecified atom stereocenters. The number of ether oxygens (including phenoxy) is 2. The second-order valence-corrected chi connectivity index (χ2v) is 5.62. The van der Waals surface area contributed by atoms with E-state index in [-0.39, 0.29) is 6.54 Å². The highest BCUT2D eigenvalue weighted by Gasteiger charge is 2.16. The molecular formula is C18H19F3N2O3. The Morgan fingerprint density at radius 1 is 1.08 bits per heavy atom. The third-order valence-corrected chi connectivity index (χ3v) is 3.66. The van der Waals surface area contributed by atoms with Crippen LogP contribution in [-0.2, 0) is 11.3 Å². The summed E-state index contributed by atoms with van der Waals surface area (Å²) in [6, 6.07) is 7.02. The van der Waals surface area contributed by atoms with E-state index in [1.54, 1.807) is 37.3 Å². The molecule has 0 aliphatic carbocycles. The van der Waals surface area contributed by atoms with Gasteiger partial charge in [-0.25, -0.2) is 13.2 Å². The van der Waals surface area contributed by atoms with Gasteiger partial charge in [0.2, 0.25) is 5.91 Å². The Morgan fingerprint density at radius 3 is 2.46 bits per heavy atom. The molecule has 0 fully saturated rings. The molecule has 26 heavy (non-hydrogen) atoms. The van der Waals surface area contributed by atoms with Crippen LogP contribution in [0.3, 0.4) is 0 Å². The van der Waals surface area contributed by atoms with Gasteiger partial charge in [-0.3, -0.25) is 9.69 Å². The van der Waals surface area contributed by atoms with Crippen LogP contribution in [0.1, 0.15) is 5.56 Å². The Bertz CT molecular complexity index is 799. The summed E-state index contributed by atoms with van der Waals surface area (Å²) in [4.78, 5) is 13.7. The SMILES string of the molecule is COc1ccc(CN(C)CC(=O)Nc2ccc(F)c(F)c2F)c(OC)c1. The average Bonchev–Trinajstić information content (AvgIpc) is 2.62. The van der Waals surface area contributed by atoms with E-state index >= 15 is 0 Å². The first-order valence-electron chi connectivity index (χ1n) is 7.68. The first kappa shape index (κ1) is 19.6. The van der Waals surface area contributed by atoms with Gasteiger partial charge in [0.15, 0.2) is 17.5 Å². The number of carbonyl (C=O) groups is 1. The van der Waals surface area contributed by atoms with Gasteiger partial charge in [-0.1, -0.05) is 6.07 Å². The molecule has 0 aliphatic rings. The van der Waals surface area contributed by atoms with Crippen LogP contribution in [-0.4, -0.2) is 38.6 Å². The van der Waals surface area contributed by atoms with Gasteiger partial charge in [-0.15, -0.1) is 0 Å². The van der Waals surface area contributed by atoms with E-state index in [9.17, 15) is 18.0 Å². The monoisotopic (exact) mass is 368 g/mol. The van der Waals surface area contributed by atoms with E-state index in [1.807, 2.05) is 0 Å². The number of likely N-dealkylation sites (N-methyl/N-ethyl adjacent to an activating group) is 1. The van der Waals surface area contributed by atoms with Crippen LogP contribution < -0.4 is 14.8 Å². The molecule has 2 aromatic carbocycles. The first-order chi connectivity index (χ1) is 12.3. The fraction of sp³-hybridized carbons (Fsp3) is 0.278. The summed E-state index contributed by atoms with van der Waals surface area (Å²) in [5.74, 6) is -3.70. The second kappa shape index (κ2) is 8.57. The minimum atomic E-state index is -1.63. The predicted octanol–water partition coefficient (Wildman–Crippen LogP) is 3.19. The van der Waals surface area contributed by atoms with Crippen molar-refractivity contribution in [3.8, 4) is 11.5 Å². The summed E-state index contributed by atoms with van der Waals surface area (Å²) in [6.07, 6.45) is 0. The molecule has 0 saturated carbocycles. The molecule has 0 aliphatic heterocycles. The van der Waals surface area contributed by atoms with E-state index in [2.05, 4.69) is 5.32 Å². The standard InChI is InChI=1S/C18H19F3N2O3/c1-23(9-11-4-5-12(25-2)8-15(11)26-3)10-16(24)22-14-7-6-13(19)17(20)18(14)21/h4-8H,9-10H2,1-3H3,(H,22,24). The molecule has 0 atom stereocenters. The number of anilines is 1. The zero-order chi connectivity index (χ0) is 19.3. The van der Waals surface area contributed by atoms with Crippen LogP contribution in [0, 0.1) is 17.5 Å². The Kier molecular flexibility index (Phi) is 6.46. The Labute approximate surface area is 149 Å². The van der Waals surface area contributed by atoms with Crippen molar-refractivity contribution in [1.29, 1.82) is 0 Å². The molecule has 8 heteroatoms. The minimum absolute atomic E-state index is 0.0897. The topological polar surface area (TPSA) is 50.8 Å². The van der Waals surface area contributed by atoms with Crippen LogP contribution >= 0.6 is 0 Å². The molecule has 0 radical (unpaired) electrons. The zero-order valence-electron chi connectivity index (χ0n) is 14.6. The number of carbonyl (C=O) groups excluding carboxylic acids is 1. The largest absolute Gasteiger partial charge is 0.497 e. The maximum Gasteiger partial charge on any atom is 0.238 e. The summed E-state index contributed by atoms with van der Waals surface area (Å²) >= 11 is 0. The van der Waals surface area contributed by atoms with Gasteiger partial charge in [0.05, 0.1) is 26.5 Å². The number of nitrogens with one attached hydrogen (secondary N) is 1. The maximum atomic E-state index is 13.6. The lowest BCUT2D eigenvalue weighted by Gasteiger charge is -2.18. The molecule has 0 spiro atoms. The van der Waals surface area contributed by atoms with Gasteiger partial charge in [0, 0.05) is 18.2 Å². The Morgan fingerprint density at radius 2 is 1.81 bits per heavy atom. The predicted molar refractivity (Wildman–Crippen MR) is 90.8 cm³/mol. The van der Waals surface area contributed by atoms with E-state index in [0.29, 0.717) is 18.0 Å². The molecule has 5 nitrogen and oxygen atoms in total. The smallest absolute Gasteiger partial charge is 0.238 e. The van der Waals surface area contributed by atoms with Crippen molar-refractivity contribution in [3.05, 3.63) is 53.3 Å². The van der Waals surface area contributed by atoms with Crippen LogP contribution in [0.2, 0.25) is 0 Å². The molecule has 1 N–H and O–H groups in total. The molecule has 2 aromatic rings. The van der Waals surface area contributed by atoms with E-state index in [1.165, 1.54) is 7.11 Å². The van der Waals surface area contributed by atoms with Gasteiger partial charge in [0.25, 0.3) is 0 Å². The average molecular weight is 368 g/mol. The van der Waals surface area contributed by atoms with Gasteiger partial charge >= 0.3 is 0 Å². The third-order valence-electron chi connectivity index (χ3n) is 3.66. The van der Waals surface area contributed by atoms with Gasteiger partial charge in [0.1, 0.15) is 11.5 Å². The summed E-state index contributed by atoms with van der Waals surface area (Å²) in [7, 11) is 4.75. The number of methoxy groups -OCH3 is 2. The normalized spacial score (nSPS) is 10.7. The number of benzene rings is 2. The molecule has 0 heterocycles. The van der Waals surface area contributed by atoms with Gasteiger partial charge in [-0.05, 0) is 25.2 Å². The Hall–Kier alpha value is -2.74. The van der Waals surface area contributed by atoms with E-state index < -0.39 is 29.0 Å². The Balaban J connectivity index is 2.01. The van der Waals surface area contributed by atoms with Crippen LogP contribution in [0.4, 0.5) is 18.9 Å². The summed E-state index contributed by atoms with van der Waals surface area (Å²) in [5.41, 5.74) is 0.409. The summed E-state index contributed by atoms with van der Waals surface area (Å²) in [5, 5.41) is 2.23. The van der Waals surface area contributed by atoms with Crippen molar-refractivity contribution >= 4 is 11.6 Å². The number of halogens is 3. The number of hydrogen-bond acceptors (Lipinski definition) is 4. The number of rotatable bonds is 7. The van der Waals surface area contributed by atoms with Crippen molar-refractivity contribution in [2.45, 2.75) is 6.54 Å². The van der Waals surface area contributed by atoms with Gasteiger partial charge < -0.3 is 14.8 Å². The molecule has 1 amide bonds. The molecule has 140 valence electrons. The third kappa shape index (κ3) is 4.66. The van der Waals surface area contributed by atoms with Crippen molar-refractivity contribution in [2.75, 3.05) is 33.1 Å². The van der Waals surface area contributed by atoms with Crippen LogP contribution in [0.15, 0.2) is 30.3 Å². The first-order valence-corrected chi connectivity index (χ1v) is 7.68. The highest BCUT2D eigenvalue weighted by atomic mass is 19.2. The molecule has 0 saturated heterocycles.